The lowest BCUT2D eigenvalue weighted by atomic mass is 9.97. The Balaban J connectivity index is 1.52. The number of hydrogen-bond acceptors (Lipinski definition) is 7. The molecule has 10 heteroatoms. The number of sulfonamides is 1. The van der Waals surface area contributed by atoms with Crippen LogP contribution in [-0.2, 0) is 35.6 Å². The molecule has 34 heavy (non-hydrogen) atoms. The predicted molar refractivity (Wildman–Crippen MR) is 123 cm³/mol. The van der Waals surface area contributed by atoms with Gasteiger partial charge in [-0.3, -0.25) is 9.59 Å². The highest BCUT2D eigenvalue weighted by Gasteiger charge is 2.28. The molecule has 1 fully saturated rings. The van der Waals surface area contributed by atoms with Crippen LogP contribution in [-0.4, -0.2) is 57.5 Å². The molecule has 0 saturated carbocycles. The number of amides is 1. The quantitative estimate of drug-likeness (QED) is 0.537. The van der Waals surface area contributed by atoms with Gasteiger partial charge in [-0.2, -0.15) is 0 Å². The number of carbonyl (C=O) groups excluding carboxylic acids is 3. The van der Waals surface area contributed by atoms with Gasteiger partial charge < -0.3 is 14.4 Å². The molecule has 9 nitrogen and oxygen atoms in total. The lowest BCUT2D eigenvalue weighted by Crippen LogP contribution is -2.42. The Labute approximate surface area is 199 Å². The van der Waals surface area contributed by atoms with E-state index in [4.69, 9.17) is 9.47 Å². The van der Waals surface area contributed by atoms with Crippen LogP contribution >= 0.6 is 0 Å². The molecular formula is C24H28N2O7S. The summed E-state index contributed by atoms with van der Waals surface area (Å²) in [7, 11) is -3.85. The zero-order valence-corrected chi connectivity index (χ0v) is 19.8. The molecule has 0 bridgehead atoms. The van der Waals surface area contributed by atoms with Gasteiger partial charge in [-0.15, -0.1) is 0 Å². The van der Waals surface area contributed by atoms with Crippen molar-refractivity contribution in [2.45, 2.75) is 31.2 Å². The Bertz CT molecular complexity index is 1110. The summed E-state index contributed by atoms with van der Waals surface area (Å²) in [5, 5.41) is 0. The van der Waals surface area contributed by atoms with Gasteiger partial charge in [-0.25, -0.2) is 17.9 Å². The summed E-state index contributed by atoms with van der Waals surface area (Å²) in [6, 6.07) is 14.5. The number of esters is 2. The molecule has 2 aromatic carbocycles. The minimum absolute atomic E-state index is 0.0244. The average molecular weight is 489 g/mol. The zero-order chi connectivity index (χ0) is 24.6. The summed E-state index contributed by atoms with van der Waals surface area (Å²) in [6.45, 7) is 2.46. The van der Waals surface area contributed by atoms with Crippen molar-refractivity contribution in [3.05, 3.63) is 65.7 Å². The van der Waals surface area contributed by atoms with E-state index in [2.05, 4.69) is 4.72 Å². The normalized spacial score (nSPS) is 14.4. The molecule has 1 heterocycles. The minimum Gasteiger partial charge on any atom is -0.466 e. The third kappa shape index (κ3) is 6.88. The molecule has 3 rings (SSSR count). The smallest absolute Gasteiger partial charge is 0.338 e. The number of benzene rings is 2. The Hall–Kier alpha value is -3.24. The topological polar surface area (TPSA) is 119 Å². The number of rotatable bonds is 9. The van der Waals surface area contributed by atoms with E-state index in [-0.39, 0.29) is 34.8 Å². The van der Waals surface area contributed by atoms with E-state index in [1.807, 2.05) is 18.2 Å². The maximum Gasteiger partial charge on any atom is 0.338 e. The summed E-state index contributed by atoms with van der Waals surface area (Å²) < 4.78 is 37.9. The van der Waals surface area contributed by atoms with Crippen molar-refractivity contribution >= 4 is 27.9 Å². The van der Waals surface area contributed by atoms with Crippen LogP contribution in [0.2, 0.25) is 0 Å². The second-order valence-corrected chi connectivity index (χ2v) is 9.59. The van der Waals surface area contributed by atoms with Gasteiger partial charge in [0.1, 0.15) is 0 Å². The second kappa shape index (κ2) is 11.8. The number of nitrogens with one attached hydrogen (secondary N) is 1. The van der Waals surface area contributed by atoms with Crippen LogP contribution in [0.25, 0.3) is 0 Å². The molecule has 0 radical (unpaired) electrons. The number of hydrogen-bond donors (Lipinski definition) is 1. The van der Waals surface area contributed by atoms with E-state index >= 15 is 0 Å². The number of nitrogens with zero attached hydrogens (tertiary/aromatic N) is 1. The fourth-order valence-corrected chi connectivity index (χ4v) is 4.64. The molecule has 1 saturated heterocycles. The van der Waals surface area contributed by atoms with Gasteiger partial charge in [-0.05, 0) is 43.5 Å². The van der Waals surface area contributed by atoms with Crippen molar-refractivity contribution < 1.29 is 32.3 Å². The van der Waals surface area contributed by atoms with Crippen molar-refractivity contribution in [3.8, 4) is 0 Å². The summed E-state index contributed by atoms with van der Waals surface area (Å²) in [4.78, 5) is 38.1. The largest absolute Gasteiger partial charge is 0.466 e. The van der Waals surface area contributed by atoms with Gasteiger partial charge in [-0.1, -0.05) is 36.4 Å². The van der Waals surface area contributed by atoms with Crippen molar-refractivity contribution in [1.82, 2.24) is 9.62 Å². The van der Waals surface area contributed by atoms with Gasteiger partial charge >= 0.3 is 11.9 Å². The van der Waals surface area contributed by atoms with Crippen LogP contribution in [0.15, 0.2) is 59.5 Å². The van der Waals surface area contributed by atoms with Gasteiger partial charge in [0.2, 0.25) is 10.0 Å². The monoisotopic (exact) mass is 488 g/mol. The van der Waals surface area contributed by atoms with Crippen molar-refractivity contribution in [2.75, 3.05) is 26.3 Å². The molecule has 1 aliphatic rings. The number of likely N-dealkylation sites (tertiary alicyclic amines) is 1. The third-order valence-electron chi connectivity index (χ3n) is 5.48. The third-order valence-corrected chi connectivity index (χ3v) is 6.88. The molecule has 0 aromatic heterocycles. The van der Waals surface area contributed by atoms with Gasteiger partial charge in [0.15, 0.2) is 6.61 Å². The maximum absolute atomic E-state index is 12.6. The van der Waals surface area contributed by atoms with Gasteiger partial charge in [0, 0.05) is 19.6 Å². The lowest BCUT2D eigenvalue weighted by Gasteiger charge is -2.30. The van der Waals surface area contributed by atoms with Crippen LogP contribution < -0.4 is 4.72 Å². The molecule has 2 aromatic rings. The first-order chi connectivity index (χ1) is 16.3. The molecule has 1 aliphatic heterocycles. The maximum atomic E-state index is 12.6. The molecular weight excluding hydrogens is 460 g/mol. The molecule has 0 unspecified atom stereocenters. The van der Waals surface area contributed by atoms with E-state index in [1.165, 1.54) is 29.2 Å². The van der Waals surface area contributed by atoms with Crippen LogP contribution in [0.3, 0.4) is 0 Å². The molecule has 1 amide bonds. The highest BCUT2D eigenvalue weighted by Crippen LogP contribution is 2.19. The number of carbonyl (C=O) groups is 3. The first kappa shape index (κ1) is 25.4. The summed E-state index contributed by atoms with van der Waals surface area (Å²) in [5.41, 5.74) is 0.822. The first-order valence-corrected chi connectivity index (χ1v) is 12.5. The van der Waals surface area contributed by atoms with Crippen molar-refractivity contribution in [2.24, 2.45) is 5.92 Å². The Morgan fingerprint density at radius 3 is 2.38 bits per heavy atom. The van der Waals surface area contributed by atoms with E-state index in [0.717, 1.165) is 5.56 Å². The molecule has 0 spiro atoms. The fraction of sp³-hybridized carbons (Fsp3) is 0.375. The lowest BCUT2D eigenvalue weighted by molar-refractivity contribution is -0.151. The molecule has 0 aliphatic carbocycles. The SMILES string of the molecule is CCOC(=O)C1CCN(C(=O)COC(=O)c2cccc(S(=O)(=O)NCc3ccccc3)c2)CC1. The highest BCUT2D eigenvalue weighted by atomic mass is 32.2. The second-order valence-electron chi connectivity index (χ2n) is 7.82. The summed E-state index contributed by atoms with van der Waals surface area (Å²) in [6.07, 6.45) is 0.989. The van der Waals surface area contributed by atoms with Gasteiger partial charge in [0.05, 0.1) is 23.0 Å². The van der Waals surface area contributed by atoms with E-state index in [9.17, 15) is 22.8 Å². The fourth-order valence-electron chi connectivity index (χ4n) is 3.57. The van der Waals surface area contributed by atoms with E-state index in [1.54, 1.807) is 19.1 Å². The van der Waals surface area contributed by atoms with E-state index in [0.29, 0.717) is 32.5 Å². The van der Waals surface area contributed by atoms with Crippen molar-refractivity contribution in [1.29, 1.82) is 0 Å². The minimum atomic E-state index is -3.85. The summed E-state index contributed by atoms with van der Waals surface area (Å²) >= 11 is 0. The summed E-state index contributed by atoms with van der Waals surface area (Å²) in [5.74, 6) is -1.65. The Morgan fingerprint density at radius 1 is 1.00 bits per heavy atom. The molecule has 182 valence electrons. The first-order valence-electron chi connectivity index (χ1n) is 11.1. The molecule has 1 N–H and O–H groups in total. The number of ether oxygens (including phenoxy) is 2. The van der Waals surface area contributed by atoms with E-state index < -0.39 is 22.6 Å². The Morgan fingerprint density at radius 2 is 1.71 bits per heavy atom. The predicted octanol–water partition coefficient (Wildman–Crippen LogP) is 2.12. The van der Waals surface area contributed by atoms with Crippen LogP contribution in [0, 0.1) is 5.92 Å². The molecule has 0 atom stereocenters. The highest BCUT2D eigenvalue weighted by molar-refractivity contribution is 7.89. The van der Waals surface area contributed by atoms with Crippen LogP contribution in [0.4, 0.5) is 0 Å². The van der Waals surface area contributed by atoms with Crippen molar-refractivity contribution in [3.63, 3.8) is 0 Å². The number of piperidine rings is 1. The Kier molecular flexibility index (Phi) is 8.78. The van der Waals surface area contributed by atoms with Crippen LogP contribution in [0.1, 0.15) is 35.7 Å². The standard InChI is InChI=1S/C24H28N2O7S/c1-2-32-23(28)19-11-13-26(14-12-19)22(27)17-33-24(29)20-9-6-10-21(15-20)34(30,31)25-16-18-7-4-3-5-8-18/h3-10,15,19,25H,2,11-14,16-17H2,1H3. The zero-order valence-electron chi connectivity index (χ0n) is 18.9. The van der Waals surface area contributed by atoms with Gasteiger partial charge in [0.25, 0.3) is 5.91 Å². The average Bonchev–Trinajstić information content (AvgIpc) is 2.87. The van der Waals surface area contributed by atoms with Crippen LogP contribution in [0.5, 0.6) is 0 Å².